The van der Waals surface area contributed by atoms with E-state index in [0.29, 0.717) is 13.0 Å². The van der Waals surface area contributed by atoms with Crippen molar-refractivity contribution in [1.29, 1.82) is 0 Å². The number of rotatable bonds is 4. The average Bonchev–Trinajstić information content (AvgIpc) is 2.60. The zero-order valence-electron chi connectivity index (χ0n) is 14.0. The van der Waals surface area contributed by atoms with E-state index in [9.17, 15) is 4.79 Å². The first kappa shape index (κ1) is 18.7. The number of nitrogens with zero attached hydrogens (tertiary/aromatic N) is 1. The van der Waals surface area contributed by atoms with Crippen LogP contribution in [0, 0.1) is 0 Å². The van der Waals surface area contributed by atoms with Crippen molar-refractivity contribution < 1.29 is 9.53 Å². The Balaban J connectivity index is 0.00000208. The average molecular weight is 349 g/mol. The lowest BCUT2D eigenvalue weighted by molar-refractivity contribution is -0.136. The minimum absolute atomic E-state index is 0. The molecule has 0 saturated carbocycles. The van der Waals surface area contributed by atoms with Gasteiger partial charge in [-0.05, 0) is 29.2 Å². The molecule has 24 heavy (non-hydrogen) atoms. The van der Waals surface area contributed by atoms with Crippen molar-refractivity contribution in [1.82, 2.24) is 4.90 Å². The van der Waals surface area contributed by atoms with Gasteiger partial charge >= 0.3 is 0 Å². The molecule has 0 spiro atoms. The van der Waals surface area contributed by atoms with E-state index in [0.717, 1.165) is 24.9 Å². The second-order valence-electron chi connectivity index (χ2n) is 6.22. The van der Waals surface area contributed by atoms with Crippen molar-refractivity contribution in [3.63, 3.8) is 0 Å². The number of fused-ring (bicyclic) bond motifs is 1. The lowest BCUT2D eigenvalue weighted by Crippen LogP contribution is -2.51. The predicted octanol–water partition coefficient (Wildman–Crippen LogP) is 2.77. The van der Waals surface area contributed by atoms with Gasteiger partial charge in [-0.2, -0.15) is 0 Å². The minimum atomic E-state index is 0. The molecular weight excluding hydrogens is 324 g/mol. The van der Waals surface area contributed by atoms with Gasteiger partial charge in [-0.3, -0.25) is 4.79 Å². The SMILES string of the molecule is COC1CCN(C(=O)Cc2ccc3ccccc3c2)C(CN)C1.Cl. The van der Waals surface area contributed by atoms with E-state index in [4.69, 9.17) is 10.5 Å². The highest BCUT2D eigenvalue weighted by Gasteiger charge is 2.30. The number of carbonyl (C=O) groups excluding carboxylic acids is 1. The van der Waals surface area contributed by atoms with Gasteiger partial charge < -0.3 is 15.4 Å². The van der Waals surface area contributed by atoms with Crippen molar-refractivity contribution in [2.24, 2.45) is 5.73 Å². The van der Waals surface area contributed by atoms with Crippen molar-refractivity contribution >= 4 is 29.1 Å². The van der Waals surface area contributed by atoms with Gasteiger partial charge in [-0.25, -0.2) is 0 Å². The van der Waals surface area contributed by atoms with Crippen LogP contribution in [0.2, 0.25) is 0 Å². The molecule has 2 N–H and O–H groups in total. The van der Waals surface area contributed by atoms with E-state index < -0.39 is 0 Å². The third-order valence-electron chi connectivity index (χ3n) is 4.76. The molecule has 0 bridgehead atoms. The number of methoxy groups -OCH3 is 1. The summed E-state index contributed by atoms with van der Waals surface area (Å²) in [6.45, 7) is 1.22. The fourth-order valence-corrected chi connectivity index (χ4v) is 3.40. The second-order valence-corrected chi connectivity index (χ2v) is 6.22. The summed E-state index contributed by atoms with van der Waals surface area (Å²) in [4.78, 5) is 14.6. The molecule has 1 saturated heterocycles. The van der Waals surface area contributed by atoms with E-state index in [1.807, 2.05) is 23.1 Å². The molecular formula is C19H25ClN2O2. The van der Waals surface area contributed by atoms with Crippen LogP contribution in [0.4, 0.5) is 0 Å². The number of amides is 1. The van der Waals surface area contributed by atoms with Crippen LogP contribution in [-0.4, -0.2) is 43.2 Å². The van der Waals surface area contributed by atoms with Crippen molar-refractivity contribution in [3.8, 4) is 0 Å². The molecule has 2 atom stereocenters. The Morgan fingerprint density at radius 2 is 2.00 bits per heavy atom. The Labute approximate surface area is 149 Å². The van der Waals surface area contributed by atoms with Crippen LogP contribution >= 0.6 is 12.4 Å². The Morgan fingerprint density at radius 3 is 2.71 bits per heavy atom. The normalized spacial score (nSPS) is 20.7. The fourth-order valence-electron chi connectivity index (χ4n) is 3.40. The summed E-state index contributed by atoms with van der Waals surface area (Å²) in [7, 11) is 1.73. The first-order chi connectivity index (χ1) is 11.2. The number of piperidine rings is 1. The summed E-state index contributed by atoms with van der Waals surface area (Å²) in [5, 5.41) is 2.37. The van der Waals surface area contributed by atoms with Gasteiger partial charge in [0.15, 0.2) is 0 Å². The number of hydrogen-bond donors (Lipinski definition) is 1. The van der Waals surface area contributed by atoms with Crippen molar-refractivity contribution in [2.75, 3.05) is 20.2 Å². The van der Waals surface area contributed by atoms with Crippen LogP contribution in [0.3, 0.4) is 0 Å². The monoisotopic (exact) mass is 348 g/mol. The van der Waals surface area contributed by atoms with Gasteiger partial charge in [0, 0.05) is 26.2 Å². The van der Waals surface area contributed by atoms with E-state index in [2.05, 4.69) is 24.3 Å². The molecule has 0 aliphatic carbocycles. The maximum atomic E-state index is 12.7. The number of likely N-dealkylation sites (tertiary alicyclic amines) is 1. The zero-order valence-corrected chi connectivity index (χ0v) is 14.8. The maximum absolute atomic E-state index is 12.7. The number of carbonyl (C=O) groups is 1. The van der Waals surface area contributed by atoms with Crippen LogP contribution in [0.25, 0.3) is 10.8 Å². The van der Waals surface area contributed by atoms with Crippen LogP contribution in [0.1, 0.15) is 18.4 Å². The van der Waals surface area contributed by atoms with Gasteiger partial charge in [-0.15, -0.1) is 12.4 Å². The summed E-state index contributed by atoms with van der Waals surface area (Å²) in [5.41, 5.74) is 6.92. The highest BCUT2D eigenvalue weighted by Crippen LogP contribution is 2.21. The largest absolute Gasteiger partial charge is 0.381 e. The molecule has 1 aliphatic rings. The van der Waals surface area contributed by atoms with E-state index >= 15 is 0 Å². The zero-order chi connectivity index (χ0) is 16.2. The van der Waals surface area contributed by atoms with Gasteiger partial charge in [0.1, 0.15) is 0 Å². The number of ether oxygens (including phenoxy) is 1. The van der Waals surface area contributed by atoms with Crippen LogP contribution in [0.5, 0.6) is 0 Å². The number of nitrogens with two attached hydrogens (primary N) is 1. The topological polar surface area (TPSA) is 55.6 Å². The van der Waals surface area contributed by atoms with Gasteiger partial charge in [-0.1, -0.05) is 42.5 Å². The molecule has 130 valence electrons. The van der Waals surface area contributed by atoms with Crippen LogP contribution < -0.4 is 5.73 Å². The third-order valence-corrected chi connectivity index (χ3v) is 4.76. The third kappa shape index (κ3) is 4.07. The predicted molar refractivity (Wildman–Crippen MR) is 99.5 cm³/mol. The Kier molecular flexibility index (Phi) is 6.60. The smallest absolute Gasteiger partial charge is 0.227 e. The fraction of sp³-hybridized carbons (Fsp3) is 0.421. The Hall–Kier alpha value is -1.62. The summed E-state index contributed by atoms with van der Waals surface area (Å²) >= 11 is 0. The van der Waals surface area contributed by atoms with Crippen molar-refractivity contribution in [3.05, 3.63) is 48.0 Å². The first-order valence-electron chi connectivity index (χ1n) is 8.21. The number of hydrogen-bond acceptors (Lipinski definition) is 3. The molecule has 5 heteroatoms. The van der Waals surface area contributed by atoms with Gasteiger partial charge in [0.05, 0.1) is 12.5 Å². The lowest BCUT2D eigenvalue weighted by Gasteiger charge is -2.38. The van der Waals surface area contributed by atoms with Crippen LogP contribution in [0.15, 0.2) is 42.5 Å². The van der Waals surface area contributed by atoms with Crippen molar-refractivity contribution in [2.45, 2.75) is 31.4 Å². The molecule has 0 aromatic heterocycles. The number of halogens is 1. The minimum Gasteiger partial charge on any atom is -0.381 e. The molecule has 3 rings (SSSR count). The molecule has 2 aromatic rings. The standard InChI is InChI=1S/C19H24N2O2.ClH/c1-23-18-8-9-21(17(12-18)13-20)19(22)11-14-6-7-15-4-2-3-5-16(15)10-14;/h2-7,10,17-18H,8-9,11-13,20H2,1H3;1H. The summed E-state index contributed by atoms with van der Waals surface area (Å²) < 4.78 is 5.42. The molecule has 1 fully saturated rings. The second kappa shape index (κ2) is 8.47. The quantitative estimate of drug-likeness (QED) is 0.924. The summed E-state index contributed by atoms with van der Waals surface area (Å²) in [5.74, 6) is 0.158. The summed E-state index contributed by atoms with van der Waals surface area (Å²) in [6.07, 6.45) is 2.36. The lowest BCUT2D eigenvalue weighted by atomic mass is 9.97. The molecule has 1 heterocycles. The molecule has 4 nitrogen and oxygen atoms in total. The molecule has 2 aromatic carbocycles. The van der Waals surface area contributed by atoms with E-state index in [1.54, 1.807) is 7.11 Å². The molecule has 2 unspecified atom stereocenters. The number of benzene rings is 2. The molecule has 1 amide bonds. The van der Waals surface area contributed by atoms with Gasteiger partial charge in [0.2, 0.25) is 5.91 Å². The summed E-state index contributed by atoms with van der Waals surface area (Å²) in [6, 6.07) is 14.5. The first-order valence-corrected chi connectivity index (χ1v) is 8.21. The Morgan fingerprint density at radius 1 is 1.25 bits per heavy atom. The maximum Gasteiger partial charge on any atom is 0.227 e. The highest BCUT2D eigenvalue weighted by molar-refractivity contribution is 5.86. The molecule has 1 aliphatic heterocycles. The van der Waals surface area contributed by atoms with E-state index in [-0.39, 0.29) is 30.5 Å². The van der Waals surface area contributed by atoms with E-state index in [1.165, 1.54) is 10.8 Å². The van der Waals surface area contributed by atoms with Gasteiger partial charge in [0.25, 0.3) is 0 Å². The van der Waals surface area contributed by atoms with Crippen LogP contribution in [-0.2, 0) is 16.0 Å². The molecule has 0 radical (unpaired) electrons. The highest BCUT2D eigenvalue weighted by atomic mass is 35.5. The Bertz CT molecular complexity index is 692.